The van der Waals surface area contributed by atoms with Gasteiger partial charge in [0.25, 0.3) is 0 Å². The van der Waals surface area contributed by atoms with E-state index in [1.807, 2.05) is 0 Å². The summed E-state index contributed by atoms with van der Waals surface area (Å²) in [6, 6.07) is 0. The molecule has 0 heterocycles. The second-order valence-electron chi connectivity index (χ2n) is 1.15. The predicted molar refractivity (Wildman–Crippen MR) is 27.0 cm³/mol. The van der Waals surface area contributed by atoms with Crippen LogP contribution in [-0.2, 0) is 70.2 Å². The summed E-state index contributed by atoms with van der Waals surface area (Å²) >= 11 is 0. The largest absolute Gasteiger partial charge is 0.207 e. The molecule has 0 saturated carbocycles. The van der Waals surface area contributed by atoms with Crippen molar-refractivity contribution in [1.29, 1.82) is 0 Å². The van der Waals surface area contributed by atoms with Crippen molar-refractivity contribution in [1.82, 2.24) is 0 Å². The Hall–Kier alpha value is -0.560. The Kier molecular flexibility index (Phi) is 13.9. The Morgan fingerprint density at radius 1 is 0.312 bits per heavy atom. The van der Waals surface area contributed by atoms with Gasteiger partial charge >= 0.3 is 0 Å². The summed E-state index contributed by atoms with van der Waals surface area (Å²) in [5, 5.41) is 43.0. The number of rotatable bonds is 13. The lowest BCUT2D eigenvalue weighted by Gasteiger charge is -1.98. The lowest BCUT2D eigenvalue weighted by Crippen LogP contribution is -2.03. The summed E-state index contributed by atoms with van der Waals surface area (Å²) < 4.78 is 0. The van der Waals surface area contributed by atoms with Gasteiger partial charge in [0.15, 0.2) is 0 Å². The Morgan fingerprint density at radius 3 is 0.688 bits per heavy atom. The van der Waals surface area contributed by atoms with Crippen molar-refractivity contribution >= 4 is 0 Å². The van der Waals surface area contributed by atoms with Crippen LogP contribution in [-0.4, -0.2) is 14.2 Å². The Balaban J connectivity index is 2.83. The van der Waals surface area contributed by atoms with Gasteiger partial charge in [0.05, 0.1) is 14.2 Å². The molecule has 0 aliphatic carbocycles. The maximum absolute atomic E-state index is 3.88. The first-order valence-electron chi connectivity index (χ1n) is 2.98. The zero-order chi connectivity index (χ0) is 11.9. The molecule has 14 heteroatoms. The van der Waals surface area contributed by atoms with Crippen LogP contribution < -0.4 is 0 Å². The third-order valence-electron chi connectivity index (χ3n) is 0.442. The molecule has 0 aromatic rings. The fourth-order valence-electron chi connectivity index (χ4n) is 0.169. The van der Waals surface area contributed by atoms with E-state index in [0.29, 0.717) is 0 Å². The van der Waals surface area contributed by atoms with E-state index in [0.717, 1.165) is 14.2 Å². The van der Waals surface area contributed by atoms with E-state index >= 15 is 0 Å². The van der Waals surface area contributed by atoms with Crippen LogP contribution in [0.5, 0.6) is 0 Å². The average molecular weight is 254 g/mol. The smallest absolute Gasteiger partial charge is 0.0745 e. The maximum atomic E-state index is 3.88. The topological polar surface area (TPSA) is 129 Å². The molecular formula is C2H6O14. The molecule has 14 nitrogen and oxygen atoms in total. The van der Waals surface area contributed by atoms with Gasteiger partial charge in [-0.3, -0.25) is 0 Å². The minimum absolute atomic E-state index is 1.13. The van der Waals surface area contributed by atoms with Crippen LogP contribution in [0.3, 0.4) is 0 Å². The summed E-state index contributed by atoms with van der Waals surface area (Å²) in [4.78, 5) is 7.76. The van der Waals surface area contributed by atoms with E-state index in [-0.39, 0.29) is 0 Å². The van der Waals surface area contributed by atoms with Crippen LogP contribution in [0.25, 0.3) is 0 Å². The van der Waals surface area contributed by atoms with E-state index in [1.165, 1.54) is 0 Å². The molecule has 0 fully saturated rings. The van der Waals surface area contributed by atoms with Crippen molar-refractivity contribution in [3.05, 3.63) is 0 Å². The Bertz CT molecular complexity index is 101. The molecule has 0 bridgehead atoms. The summed E-state index contributed by atoms with van der Waals surface area (Å²) in [6.45, 7) is 0. The van der Waals surface area contributed by atoms with Crippen molar-refractivity contribution < 1.29 is 70.2 Å². The highest BCUT2D eigenvalue weighted by Crippen LogP contribution is 1.91. The molecule has 0 aromatic heterocycles. The highest BCUT2D eigenvalue weighted by atomic mass is 18.0. The summed E-state index contributed by atoms with van der Waals surface area (Å²) in [5.74, 6) is 0. The standard InChI is InChI=1S/C2H6O14/c1-3-5-7-9-11-13-15-16-14-12-10-8-6-4-2/h1-2H3. The van der Waals surface area contributed by atoms with Crippen LogP contribution in [0.4, 0.5) is 0 Å². The minimum atomic E-state index is 1.13. The highest BCUT2D eigenvalue weighted by molar-refractivity contribution is 3.36. The van der Waals surface area contributed by atoms with Crippen LogP contribution >= 0.6 is 0 Å². The van der Waals surface area contributed by atoms with Crippen LogP contribution in [0.1, 0.15) is 0 Å². The fraction of sp³-hybridized carbons (Fsp3) is 1.00. The van der Waals surface area contributed by atoms with Crippen LogP contribution in [0.15, 0.2) is 0 Å². The first kappa shape index (κ1) is 15.4. The highest BCUT2D eigenvalue weighted by Gasteiger charge is 1.97. The lowest BCUT2D eigenvalue weighted by molar-refractivity contribution is -0.874. The van der Waals surface area contributed by atoms with Crippen LogP contribution in [0.2, 0.25) is 0 Å². The van der Waals surface area contributed by atoms with Gasteiger partial charge in [-0.1, -0.05) is 0 Å². The second-order valence-corrected chi connectivity index (χ2v) is 1.15. The Labute approximate surface area is 85.8 Å². The first-order valence-corrected chi connectivity index (χ1v) is 2.98. The quantitative estimate of drug-likeness (QED) is 0.235. The monoisotopic (exact) mass is 254 g/mol. The SMILES string of the molecule is COOOOOOOOOOOOOOC. The molecule has 0 saturated heterocycles. The Morgan fingerprint density at radius 2 is 0.500 bits per heavy atom. The molecule has 0 spiro atoms. The number of hydrogen-bond acceptors (Lipinski definition) is 14. The molecule has 0 aliphatic heterocycles. The zero-order valence-corrected chi connectivity index (χ0v) is 7.72. The van der Waals surface area contributed by atoms with E-state index in [4.69, 9.17) is 0 Å². The van der Waals surface area contributed by atoms with E-state index in [1.54, 1.807) is 0 Å². The van der Waals surface area contributed by atoms with E-state index in [2.05, 4.69) is 70.2 Å². The van der Waals surface area contributed by atoms with Crippen molar-refractivity contribution in [2.45, 2.75) is 0 Å². The van der Waals surface area contributed by atoms with Crippen molar-refractivity contribution in [2.24, 2.45) is 0 Å². The van der Waals surface area contributed by atoms with Gasteiger partial charge in [-0.15, -0.1) is 0 Å². The van der Waals surface area contributed by atoms with Crippen molar-refractivity contribution in [3.63, 3.8) is 0 Å². The maximum Gasteiger partial charge on any atom is 0.0745 e. The van der Waals surface area contributed by atoms with Crippen molar-refractivity contribution in [3.8, 4) is 0 Å². The molecule has 0 unspecified atom stereocenters. The summed E-state index contributed by atoms with van der Waals surface area (Å²) in [5.41, 5.74) is 0. The van der Waals surface area contributed by atoms with Crippen molar-refractivity contribution in [2.75, 3.05) is 14.2 Å². The van der Waals surface area contributed by atoms with Gasteiger partial charge in [-0.2, -0.15) is 0 Å². The molecule has 0 aliphatic rings. The predicted octanol–water partition coefficient (Wildman–Crippen LogP) is -0.627. The van der Waals surface area contributed by atoms with E-state index < -0.39 is 0 Å². The lowest BCUT2D eigenvalue weighted by atomic mass is 11.8. The van der Waals surface area contributed by atoms with E-state index in [9.17, 15) is 0 Å². The van der Waals surface area contributed by atoms with Crippen LogP contribution in [0, 0.1) is 0 Å². The molecule has 16 heavy (non-hydrogen) atoms. The molecule has 98 valence electrons. The third kappa shape index (κ3) is 13.4. The normalized spacial score (nSPS) is 10.9. The summed E-state index contributed by atoms with van der Waals surface area (Å²) in [6.07, 6.45) is 0. The summed E-state index contributed by atoms with van der Waals surface area (Å²) in [7, 11) is 2.26. The molecule has 0 amide bonds. The molecule has 0 radical (unpaired) electrons. The number of hydrogen-bond donors (Lipinski definition) is 0. The van der Waals surface area contributed by atoms with Gasteiger partial charge in [-0.05, 0) is 60.5 Å². The molecule has 0 aromatic carbocycles. The zero-order valence-electron chi connectivity index (χ0n) is 7.72. The molecule has 0 rings (SSSR count). The third-order valence-corrected chi connectivity index (χ3v) is 0.442. The molecule has 0 atom stereocenters. The minimum Gasteiger partial charge on any atom is -0.207 e. The van der Waals surface area contributed by atoms with Gasteiger partial charge in [-0.25, -0.2) is 9.78 Å². The van der Waals surface area contributed by atoms with Gasteiger partial charge < -0.3 is 0 Å². The van der Waals surface area contributed by atoms with Gasteiger partial charge in [0.2, 0.25) is 0 Å². The molecule has 0 N–H and O–H groups in total. The van der Waals surface area contributed by atoms with Gasteiger partial charge in [0.1, 0.15) is 0 Å². The second kappa shape index (κ2) is 14.4. The fourth-order valence-corrected chi connectivity index (χ4v) is 0.169. The van der Waals surface area contributed by atoms with Gasteiger partial charge in [0, 0.05) is 0 Å². The average Bonchev–Trinajstić information content (AvgIpc) is 2.31. The first-order chi connectivity index (χ1) is 7.91. The molecular weight excluding hydrogens is 248 g/mol.